The number of piperidine rings is 1. The molecule has 2 aromatic carbocycles. The second-order valence-corrected chi connectivity index (χ2v) is 6.37. The first-order chi connectivity index (χ1) is 11.7. The van der Waals surface area contributed by atoms with E-state index >= 15 is 0 Å². The minimum atomic E-state index is -0.366. The van der Waals surface area contributed by atoms with Crippen LogP contribution in [0.3, 0.4) is 0 Å². The Balaban J connectivity index is 1.48. The number of carbonyl (C=O) groups excluding carboxylic acids is 1. The number of halogens is 1. The maximum atomic E-state index is 13.3. The number of carbonyl (C=O) groups is 1. The number of nitrogens with one attached hydrogen (secondary N) is 1. The van der Waals surface area contributed by atoms with E-state index in [-0.39, 0.29) is 11.7 Å². The molecule has 1 saturated heterocycles. The van der Waals surface area contributed by atoms with Crippen LogP contribution in [0.25, 0.3) is 10.9 Å². The monoisotopic (exact) mass is 322 g/mol. The summed E-state index contributed by atoms with van der Waals surface area (Å²) in [5.74, 6) is 0.0131. The van der Waals surface area contributed by atoms with Crippen molar-refractivity contribution >= 4 is 16.8 Å². The summed E-state index contributed by atoms with van der Waals surface area (Å²) >= 11 is 0. The zero-order valence-corrected chi connectivity index (χ0v) is 13.3. The summed E-state index contributed by atoms with van der Waals surface area (Å²) in [6, 6.07) is 14.3. The van der Waals surface area contributed by atoms with E-state index in [0.29, 0.717) is 24.6 Å². The van der Waals surface area contributed by atoms with Gasteiger partial charge in [0, 0.05) is 35.8 Å². The third-order valence-corrected chi connectivity index (χ3v) is 4.91. The number of aromatic nitrogens is 1. The van der Waals surface area contributed by atoms with Crippen LogP contribution < -0.4 is 0 Å². The normalized spacial score (nSPS) is 15.8. The summed E-state index contributed by atoms with van der Waals surface area (Å²) in [4.78, 5) is 17.7. The maximum absolute atomic E-state index is 13.3. The molecule has 0 saturated carbocycles. The van der Waals surface area contributed by atoms with Gasteiger partial charge in [-0.15, -0.1) is 0 Å². The van der Waals surface area contributed by atoms with Crippen LogP contribution in [-0.4, -0.2) is 28.9 Å². The number of benzene rings is 2. The molecule has 1 fully saturated rings. The lowest BCUT2D eigenvalue weighted by Gasteiger charge is -2.32. The Labute approximate surface area is 140 Å². The molecule has 0 unspecified atom stereocenters. The first kappa shape index (κ1) is 14.9. The van der Waals surface area contributed by atoms with E-state index in [1.807, 2.05) is 11.0 Å². The molecular formula is C20H19FN2O. The van der Waals surface area contributed by atoms with Crippen molar-refractivity contribution < 1.29 is 9.18 Å². The largest absolute Gasteiger partial charge is 0.361 e. The van der Waals surface area contributed by atoms with Gasteiger partial charge < -0.3 is 9.88 Å². The third kappa shape index (κ3) is 2.68. The summed E-state index contributed by atoms with van der Waals surface area (Å²) < 4.78 is 13.3. The number of amides is 1. The topological polar surface area (TPSA) is 36.1 Å². The van der Waals surface area contributed by atoms with Crippen molar-refractivity contribution in [2.45, 2.75) is 18.8 Å². The molecular weight excluding hydrogens is 303 g/mol. The number of hydrogen-bond donors (Lipinski definition) is 1. The van der Waals surface area contributed by atoms with Crippen LogP contribution >= 0.6 is 0 Å². The second kappa shape index (κ2) is 6.11. The van der Waals surface area contributed by atoms with E-state index in [4.69, 9.17) is 0 Å². The van der Waals surface area contributed by atoms with E-state index < -0.39 is 0 Å². The summed E-state index contributed by atoms with van der Waals surface area (Å²) in [6.07, 6.45) is 3.96. The number of rotatable bonds is 2. The fourth-order valence-electron chi connectivity index (χ4n) is 3.63. The SMILES string of the molecule is O=C(c1cccc(F)c1)N1CCC(c2c[nH]c3ccccc23)CC1. The number of fused-ring (bicyclic) bond motifs is 1. The number of H-pyrrole nitrogens is 1. The Bertz CT molecular complexity index is 878. The van der Waals surface area contributed by atoms with Crippen LogP contribution in [0.5, 0.6) is 0 Å². The maximum Gasteiger partial charge on any atom is 0.253 e. The molecule has 0 atom stereocenters. The molecule has 1 amide bonds. The van der Waals surface area contributed by atoms with E-state index in [0.717, 1.165) is 18.4 Å². The van der Waals surface area contributed by atoms with Gasteiger partial charge >= 0.3 is 0 Å². The number of nitrogens with zero attached hydrogens (tertiary/aromatic N) is 1. The number of para-hydroxylation sites is 1. The first-order valence-corrected chi connectivity index (χ1v) is 8.33. The van der Waals surface area contributed by atoms with Gasteiger partial charge in [-0.3, -0.25) is 4.79 Å². The Hall–Kier alpha value is -2.62. The Morgan fingerprint density at radius 3 is 2.67 bits per heavy atom. The lowest BCUT2D eigenvalue weighted by molar-refractivity contribution is 0.0713. The Kier molecular flexibility index (Phi) is 3.81. The molecule has 1 N–H and O–H groups in total. The molecule has 4 heteroatoms. The van der Waals surface area contributed by atoms with Crippen molar-refractivity contribution in [2.75, 3.05) is 13.1 Å². The smallest absolute Gasteiger partial charge is 0.253 e. The highest BCUT2D eigenvalue weighted by atomic mass is 19.1. The zero-order chi connectivity index (χ0) is 16.5. The van der Waals surface area contributed by atoms with Crippen molar-refractivity contribution in [3.63, 3.8) is 0 Å². The Morgan fingerprint density at radius 1 is 1.08 bits per heavy atom. The van der Waals surface area contributed by atoms with Crippen LogP contribution in [0.1, 0.15) is 34.7 Å². The first-order valence-electron chi connectivity index (χ1n) is 8.33. The van der Waals surface area contributed by atoms with Crippen LogP contribution in [0.2, 0.25) is 0 Å². The van der Waals surface area contributed by atoms with Crippen molar-refractivity contribution in [3.05, 3.63) is 71.7 Å². The highest BCUT2D eigenvalue weighted by Crippen LogP contribution is 2.33. The minimum absolute atomic E-state index is 0.0770. The molecule has 0 spiro atoms. The van der Waals surface area contributed by atoms with E-state index in [2.05, 4.69) is 29.4 Å². The van der Waals surface area contributed by atoms with Crippen LogP contribution in [0.15, 0.2) is 54.7 Å². The van der Waals surface area contributed by atoms with E-state index in [9.17, 15) is 9.18 Å². The average Bonchev–Trinajstić information content (AvgIpc) is 3.05. The van der Waals surface area contributed by atoms with Gasteiger partial charge in [-0.1, -0.05) is 24.3 Å². The molecule has 1 aromatic heterocycles. The molecule has 2 heterocycles. The predicted molar refractivity (Wildman–Crippen MR) is 92.6 cm³/mol. The highest BCUT2D eigenvalue weighted by molar-refractivity contribution is 5.94. The van der Waals surface area contributed by atoms with Crippen LogP contribution in [0, 0.1) is 5.82 Å². The lowest BCUT2D eigenvalue weighted by Crippen LogP contribution is -2.37. The van der Waals surface area contributed by atoms with Gasteiger partial charge in [0.15, 0.2) is 0 Å². The summed E-state index contributed by atoms with van der Waals surface area (Å²) in [7, 11) is 0. The molecule has 0 aliphatic carbocycles. The predicted octanol–water partition coefficient (Wildman–Crippen LogP) is 4.33. The van der Waals surface area contributed by atoms with Crippen molar-refractivity contribution in [3.8, 4) is 0 Å². The molecule has 0 bridgehead atoms. The average molecular weight is 322 g/mol. The molecule has 24 heavy (non-hydrogen) atoms. The van der Waals surface area contributed by atoms with Gasteiger partial charge in [-0.05, 0) is 48.6 Å². The summed E-state index contributed by atoms with van der Waals surface area (Å²) in [5, 5.41) is 1.27. The van der Waals surface area contributed by atoms with Crippen molar-refractivity contribution in [1.82, 2.24) is 9.88 Å². The molecule has 0 radical (unpaired) electrons. The van der Waals surface area contributed by atoms with Gasteiger partial charge in [-0.25, -0.2) is 4.39 Å². The fourth-order valence-corrected chi connectivity index (χ4v) is 3.63. The van der Waals surface area contributed by atoms with Gasteiger partial charge in [0.05, 0.1) is 0 Å². The van der Waals surface area contributed by atoms with Gasteiger partial charge in [-0.2, -0.15) is 0 Å². The van der Waals surface area contributed by atoms with E-state index in [1.54, 1.807) is 12.1 Å². The zero-order valence-electron chi connectivity index (χ0n) is 13.3. The minimum Gasteiger partial charge on any atom is -0.361 e. The van der Waals surface area contributed by atoms with Crippen LogP contribution in [-0.2, 0) is 0 Å². The third-order valence-electron chi connectivity index (χ3n) is 4.91. The molecule has 1 aliphatic heterocycles. The number of aromatic amines is 1. The standard InChI is InChI=1S/C20H19FN2O/c21-16-5-3-4-15(12-16)20(24)23-10-8-14(9-11-23)18-13-22-19-7-2-1-6-17(18)19/h1-7,12-14,22H,8-11H2. The number of hydrogen-bond acceptors (Lipinski definition) is 1. The molecule has 3 nitrogen and oxygen atoms in total. The highest BCUT2D eigenvalue weighted by Gasteiger charge is 2.26. The lowest BCUT2D eigenvalue weighted by atomic mass is 9.89. The van der Waals surface area contributed by atoms with Crippen molar-refractivity contribution in [1.29, 1.82) is 0 Å². The molecule has 3 aromatic rings. The molecule has 122 valence electrons. The van der Waals surface area contributed by atoms with Crippen molar-refractivity contribution in [2.24, 2.45) is 0 Å². The fraction of sp³-hybridized carbons (Fsp3) is 0.250. The second-order valence-electron chi connectivity index (χ2n) is 6.37. The summed E-state index contributed by atoms with van der Waals surface area (Å²) in [6.45, 7) is 1.42. The summed E-state index contributed by atoms with van der Waals surface area (Å²) in [5.41, 5.74) is 2.93. The van der Waals surface area contributed by atoms with Gasteiger partial charge in [0.1, 0.15) is 5.82 Å². The molecule has 1 aliphatic rings. The quantitative estimate of drug-likeness (QED) is 0.749. The Morgan fingerprint density at radius 2 is 1.88 bits per heavy atom. The number of likely N-dealkylation sites (tertiary alicyclic amines) is 1. The van der Waals surface area contributed by atoms with Gasteiger partial charge in [0.2, 0.25) is 0 Å². The van der Waals surface area contributed by atoms with Gasteiger partial charge in [0.25, 0.3) is 5.91 Å². The molecule has 4 rings (SSSR count). The van der Waals surface area contributed by atoms with Crippen LogP contribution in [0.4, 0.5) is 4.39 Å². The van der Waals surface area contributed by atoms with E-state index in [1.165, 1.54) is 23.1 Å².